The molecule has 3 atom stereocenters. The van der Waals surface area contributed by atoms with Crippen LogP contribution in [0.5, 0.6) is 0 Å². The quantitative estimate of drug-likeness (QED) is 0.674. The molecule has 2 heterocycles. The largest absolute Gasteiger partial charge is 0.309 e. The number of hydrogen-bond acceptors (Lipinski definition) is 4. The number of thioether (sulfide) groups is 1. The summed E-state index contributed by atoms with van der Waals surface area (Å²) in [6, 6.07) is 18.3. The number of halogens is 1. The zero-order valence-corrected chi connectivity index (χ0v) is 16.4. The van der Waals surface area contributed by atoms with Crippen molar-refractivity contribution in [2.45, 2.75) is 29.3 Å². The second-order valence-corrected chi connectivity index (χ2v) is 7.88. The van der Waals surface area contributed by atoms with Gasteiger partial charge in [-0.05, 0) is 54.1 Å². The summed E-state index contributed by atoms with van der Waals surface area (Å²) in [5, 5.41) is 7.95. The van der Waals surface area contributed by atoms with Crippen LogP contribution in [0.1, 0.15) is 35.5 Å². The highest BCUT2D eigenvalue weighted by Gasteiger charge is 2.34. The van der Waals surface area contributed by atoms with Crippen molar-refractivity contribution in [3.8, 4) is 0 Å². The molecule has 2 aromatic carbocycles. The minimum atomic E-state index is -0.246. The van der Waals surface area contributed by atoms with E-state index >= 15 is 0 Å². The summed E-state index contributed by atoms with van der Waals surface area (Å²) >= 11 is 1.71. The van der Waals surface area contributed by atoms with Crippen LogP contribution in [0.4, 0.5) is 4.39 Å². The first-order chi connectivity index (χ1) is 13.7. The van der Waals surface area contributed by atoms with E-state index in [0.29, 0.717) is 13.0 Å². The Kier molecular flexibility index (Phi) is 5.59. The first kappa shape index (κ1) is 18.9. The van der Waals surface area contributed by atoms with Gasteiger partial charge < -0.3 is 5.32 Å². The molecule has 1 N–H and O–H groups in total. The van der Waals surface area contributed by atoms with Crippen LogP contribution in [0.3, 0.4) is 0 Å². The maximum Gasteiger partial charge on any atom is 0.267 e. The molecule has 28 heavy (non-hydrogen) atoms. The van der Waals surface area contributed by atoms with Crippen molar-refractivity contribution < 1.29 is 4.39 Å². The maximum atomic E-state index is 13.3. The van der Waals surface area contributed by atoms with Gasteiger partial charge in [-0.25, -0.2) is 9.07 Å². The van der Waals surface area contributed by atoms with E-state index in [1.165, 1.54) is 22.6 Å². The monoisotopic (exact) mass is 395 g/mol. The number of aromatic nitrogens is 2. The van der Waals surface area contributed by atoms with Gasteiger partial charge in [0.25, 0.3) is 5.56 Å². The average Bonchev–Trinajstić information content (AvgIpc) is 2.74. The highest BCUT2D eigenvalue weighted by atomic mass is 32.2. The minimum absolute atomic E-state index is 0.0428. The van der Waals surface area contributed by atoms with Gasteiger partial charge in [-0.15, -0.1) is 11.8 Å². The summed E-state index contributed by atoms with van der Waals surface area (Å²) in [5.74, 6) is -0.121. The van der Waals surface area contributed by atoms with Gasteiger partial charge in [0.2, 0.25) is 0 Å². The Bertz CT molecular complexity index is 988. The van der Waals surface area contributed by atoms with Crippen LogP contribution >= 0.6 is 11.8 Å². The highest BCUT2D eigenvalue weighted by molar-refractivity contribution is 7.98. The van der Waals surface area contributed by atoms with Crippen LogP contribution in [0.2, 0.25) is 0 Å². The molecule has 1 aromatic heterocycles. The number of nitrogens with one attached hydrogen (secondary N) is 1. The fraction of sp³-hybridized carbons (Fsp3) is 0.273. The normalized spacial score (nSPS) is 22.1. The third kappa shape index (κ3) is 3.88. The first-order valence-electron chi connectivity index (χ1n) is 9.32. The Morgan fingerprint density at radius 3 is 2.46 bits per heavy atom. The molecule has 1 fully saturated rings. The summed E-state index contributed by atoms with van der Waals surface area (Å²) < 4.78 is 14.9. The third-order valence-corrected chi connectivity index (χ3v) is 6.14. The fourth-order valence-corrected chi connectivity index (χ4v) is 4.33. The first-order valence-corrected chi connectivity index (χ1v) is 10.5. The zero-order valence-electron chi connectivity index (χ0n) is 15.6. The molecule has 6 heteroatoms. The van der Waals surface area contributed by atoms with Gasteiger partial charge in [-0.1, -0.05) is 24.3 Å². The lowest BCUT2D eigenvalue weighted by atomic mass is 9.82. The Hall–Kier alpha value is -2.44. The fourth-order valence-electron chi connectivity index (χ4n) is 3.92. The van der Waals surface area contributed by atoms with Gasteiger partial charge in [0, 0.05) is 35.7 Å². The highest BCUT2D eigenvalue weighted by Crippen LogP contribution is 2.39. The molecule has 3 aromatic rings. The van der Waals surface area contributed by atoms with E-state index in [9.17, 15) is 9.18 Å². The maximum absolute atomic E-state index is 13.3. The van der Waals surface area contributed by atoms with Crippen LogP contribution in [0.25, 0.3) is 0 Å². The smallest absolute Gasteiger partial charge is 0.267 e. The molecule has 3 unspecified atom stereocenters. The second-order valence-electron chi connectivity index (χ2n) is 7.00. The van der Waals surface area contributed by atoms with Gasteiger partial charge >= 0.3 is 0 Å². The van der Waals surface area contributed by atoms with Crippen molar-refractivity contribution in [2.75, 3.05) is 12.8 Å². The van der Waals surface area contributed by atoms with E-state index < -0.39 is 0 Å². The van der Waals surface area contributed by atoms with E-state index in [2.05, 4.69) is 40.9 Å². The number of benzene rings is 2. The molecule has 0 bridgehead atoms. The van der Waals surface area contributed by atoms with Gasteiger partial charge in [-0.2, -0.15) is 5.10 Å². The lowest BCUT2D eigenvalue weighted by molar-refractivity contribution is 0.243. The summed E-state index contributed by atoms with van der Waals surface area (Å²) in [6.07, 6.45) is 4.42. The summed E-state index contributed by atoms with van der Waals surface area (Å²) in [6.45, 7) is 0.717. The molecular formula is C22H22FN3OS. The zero-order chi connectivity index (χ0) is 19.5. The van der Waals surface area contributed by atoms with Gasteiger partial charge in [0.05, 0.1) is 6.04 Å². The van der Waals surface area contributed by atoms with E-state index in [0.717, 1.165) is 5.56 Å². The summed E-state index contributed by atoms with van der Waals surface area (Å²) in [7, 11) is 0. The van der Waals surface area contributed by atoms with Crippen LogP contribution in [0, 0.1) is 5.82 Å². The number of hydrogen-bond donors (Lipinski definition) is 1. The van der Waals surface area contributed by atoms with Gasteiger partial charge in [0.15, 0.2) is 0 Å². The van der Waals surface area contributed by atoms with Crippen molar-refractivity contribution in [1.29, 1.82) is 0 Å². The topological polar surface area (TPSA) is 46.9 Å². The van der Waals surface area contributed by atoms with Crippen molar-refractivity contribution >= 4 is 11.8 Å². The predicted molar refractivity (Wildman–Crippen MR) is 110 cm³/mol. The summed E-state index contributed by atoms with van der Waals surface area (Å²) in [4.78, 5) is 13.7. The Morgan fingerprint density at radius 1 is 1.07 bits per heavy atom. The van der Waals surface area contributed by atoms with Crippen LogP contribution in [-0.2, 0) is 0 Å². The van der Waals surface area contributed by atoms with E-state index in [-0.39, 0.29) is 29.4 Å². The Balaban J connectivity index is 1.69. The van der Waals surface area contributed by atoms with Crippen molar-refractivity contribution in [2.24, 2.45) is 0 Å². The standard InChI is InChI=1S/C22H22FN3OS/c1-28-18-10-6-15(7-11-18)19-14-24-20(16-4-8-17(23)9-5-16)13-21(19)26-22(27)3-2-12-25-26/h2-12,19-21,24H,13-14H2,1H3. The minimum Gasteiger partial charge on any atom is -0.309 e. The molecule has 144 valence electrons. The van der Waals surface area contributed by atoms with Crippen molar-refractivity contribution in [1.82, 2.24) is 15.1 Å². The molecule has 1 saturated heterocycles. The molecule has 1 aliphatic heterocycles. The molecule has 0 saturated carbocycles. The van der Waals surface area contributed by atoms with Crippen LogP contribution < -0.4 is 10.9 Å². The lowest BCUT2D eigenvalue weighted by Gasteiger charge is -2.38. The van der Waals surface area contributed by atoms with Crippen molar-refractivity contribution in [3.63, 3.8) is 0 Å². The Labute approximate surface area is 167 Å². The number of piperidine rings is 1. The summed E-state index contributed by atoms with van der Waals surface area (Å²) in [5.41, 5.74) is 2.11. The molecule has 0 spiro atoms. The predicted octanol–water partition coefficient (Wildman–Crippen LogP) is 4.16. The molecule has 1 aliphatic rings. The third-order valence-electron chi connectivity index (χ3n) is 5.40. The number of nitrogens with zero attached hydrogens (tertiary/aromatic N) is 2. The van der Waals surface area contributed by atoms with Crippen molar-refractivity contribution in [3.05, 3.63) is 94.2 Å². The second kappa shape index (κ2) is 8.29. The molecule has 0 aliphatic carbocycles. The van der Waals surface area contributed by atoms with E-state index in [1.807, 2.05) is 0 Å². The molecule has 0 radical (unpaired) electrons. The Morgan fingerprint density at radius 2 is 1.79 bits per heavy atom. The molecule has 0 amide bonds. The van der Waals surface area contributed by atoms with Gasteiger partial charge in [-0.3, -0.25) is 4.79 Å². The SMILES string of the molecule is CSc1ccc(C2CNC(c3ccc(F)cc3)CC2n2ncccc2=O)cc1. The lowest BCUT2D eigenvalue weighted by Crippen LogP contribution is -2.42. The van der Waals surface area contributed by atoms with E-state index in [4.69, 9.17) is 0 Å². The van der Waals surface area contributed by atoms with Gasteiger partial charge in [0.1, 0.15) is 5.82 Å². The van der Waals surface area contributed by atoms with Crippen LogP contribution in [0.15, 0.2) is 76.6 Å². The van der Waals surface area contributed by atoms with Crippen LogP contribution in [-0.4, -0.2) is 22.6 Å². The van der Waals surface area contributed by atoms with E-state index in [1.54, 1.807) is 46.9 Å². The molecule has 4 nitrogen and oxygen atoms in total. The molecule has 4 rings (SSSR count). The molecular weight excluding hydrogens is 373 g/mol. The number of rotatable bonds is 4. The average molecular weight is 396 g/mol.